The fourth-order valence-electron chi connectivity index (χ4n) is 3.63. The van der Waals surface area contributed by atoms with Crippen LogP contribution < -0.4 is 10.9 Å². The Balaban J connectivity index is 1.79. The average Bonchev–Trinajstić information content (AvgIpc) is 2.62. The van der Waals surface area contributed by atoms with Crippen molar-refractivity contribution < 1.29 is 9.53 Å². The molecule has 2 atom stereocenters. The predicted molar refractivity (Wildman–Crippen MR) is 105 cm³/mol. The highest BCUT2D eigenvalue weighted by molar-refractivity contribution is 6.04. The topological polar surface area (TPSA) is 76.5 Å². The number of nitrogens with zero attached hydrogens (tertiary/aromatic N) is 3. The Hall–Kier alpha value is -2.25. The Labute approximate surface area is 159 Å². The molecule has 2 heterocycles. The number of benzene rings is 1. The van der Waals surface area contributed by atoms with E-state index in [0.717, 1.165) is 13.1 Å². The van der Waals surface area contributed by atoms with E-state index in [1.54, 1.807) is 31.3 Å². The van der Waals surface area contributed by atoms with E-state index in [1.165, 1.54) is 4.68 Å². The summed E-state index contributed by atoms with van der Waals surface area (Å²) in [7, 11) is 1.56. The van der Waals surface area contributed by atoms with Crippen LogP contribution in [0.25, 0.3) is 10.8 Å². The summed E-state index contributed by atoms with van der Waals surface area (Å²) in [5, 5.41) is 8.27. The van der Waals surface area contributed by atoms with Gasteiger partial charge in [0.2, 0.25) is 0 Å². The van der Waals surface area contributed by atoms with Gasteiger partial charge in [-0.2, -0.15) is 5.10 Å². The molecule has 146 valence electrons. The first-order valence-corrected chi connectivity index (χ1v) is 9.34. The van der Waals surface area contributed by atoms with Crippen LogP contribution in [0.2, 0.25) is 0 Å². The Morgan fingerprint density at radius 2 is 1.81 bits per heavy atom. The van der Waals surface area contributed by atoms with Crippen LogP contribution in [0.4, 0.5) is 0 Å². The fourth-order valence-corrected chi connectivity index (χ4v) is 3.63. The maximum Gasteiger partial charge on any atom is 0.274 e. The summed E-state index contributed by atoms with van der Waals surface area (Å²) in [6.45, 7) is 10.5. The van der Waals surface area contributed by atoms with E-state index in [4.69, 9.17) is 4.74 Å². The van der Waals surface area contributed by atoms with E-state index < -0.39 is 0 Å². The summed E-state index contributed by atoms with van der Waals surface area (Å²) >= 11 is 0. The molecule has 1 amide bonds. The van der Waals surface area contributed by atoms with Crippen molar-refractivity contribution in [1.29, 1.82) is 0 Å². The van der Waals surface area contributed by atoms with Crippen LogP contribution in [-0.2, 0) is 11.8 Å². The van der Waals surface area contributed by atoms with Gasteiger partial charge < -0.3 is 10.1 Å². The SMILES string of the molecule is C[C@@H]1CN(C(C)(C)CNC(=O)c2nn(C)c(=O)c3ccccc23)C[C@H](C)O1. The first-order valence-electron chi connectivity index (χ1n) is 9.34. The maximum absolute atomic E-state index is 12.8. The first-order chi connectivity index (χ1) is 12.7. The lowest BCUT2D eigenvalue weighted by molar-refractivity contribution is -0.0948. The number of fused-ring (bicyclic) bond motifs is 1. The molecule has 1 aliphatic rings. The minimum Gasteiger partial charge on any atom is -0.373 e. The van der Waals surface area contributed by atoms with Gasteiger partial charge in [-0.3, -0.25) is 14.5 Å². The molecule has 0 unspecified atom stereocenters. The molecule has 1 aromatic carbocycles. The second kappa shape index (κ2) is 7.40. The van der Waals surface area contributed by atoms with Crippen LogP contribution in [0.15, 0.2) is 29.1 Å². The number of aromatic nitrogens is 2. The highest BCUT2D eigenvalue weighted by atomic mass is 16.5. The Bertz CT molecular complexity index is 896. The predicted octanol–water partition coefficient (Wildman–Crippen LogP) is 1.55. The number of amides is 1. The zero-order valence-electron chi connectivity index (χ0n) is 16.7. The van der Waals surface area contributed by atoms with E-state index in [0.29, 0.717) is 17.3 Å². The lowest BCUT2D eigenvalue weighted by atomic mass is 10.00. The number of hydrogen-bond acceptors (Lipinski definition) is 5. The van der Waals surface area contributed by atoms with Gasteiger partial charge in [-0.1, -0.05) is 18.2 Å². The third-order valence-electron chi connectivity index (χ3n) is 5.13. The Kier molecular flexibility index (Phi) is 5.35. The van der Waals surface area contributed by atoms with Crippen molar-refractivity contribution in [2.45, 2.75) is 45.4 Å². The zero-order valence-corrected chi connectivity index (χ0v) is 16.7. The van der Waals surface area contributed by atoms with Crippen LogP contribution in [0, 0.1) is 0 Å². The molecule has 1 aromatic heterocycles. The molecular weight excluding hydrogens is 344 g/mol. The van der Waals surface area contributed by atoms with Crippen molar-refractivity contribution in [2.24, 2.45) is 7.05 Å². The quantitative estimate of drug-likeness (QED) is 0.881. The molecule has 1 saturated heterocycles. The van der Waals surface area contributed by atoms with Gasteiger partial charge in [0, 0.05) is 37.6 Å². The molecule has 0 radical (unpaired) electrons. The molecule has 0 aliphatic carbocycles. The number of morpholine rings is 1. The van der Waals surface area contributed by atoms with Crippen LogP contribution >= 0.6 is 0 Å². The van der Waals surface area contributed by atoms with Gasteiger partial charge in [0.05, 0.1) is 17.6 Å². The van der Waals surface area contributed by atoms with Crippen molar-refractivity contribution >= 4 is 16.7 Å². The van der Waals surface area contributed by atoms with E-state index in [9.17, 15) is 9.59 Å². The summed E-state index contributed by atoms with van der Waals surface area (Å²) in [6.07, 6.45) is 0.330. The molecule has 1 N–H and O–H groups in total. The maximum atomic E-state index is 12.8. The summed E-state index contributed by atoms with van der Waals surface area (Å²) in [6, 6.07) is 7.07. The van der Waals surface area contributed by atoms with Gasteiger partial charge in [0.25, 0.3) is 11.5 Å². The highest BCUT2D eigenvalue weighted by Crippen LogP contribution is 2.21. The number of rotatable bonds is 4. The van der Waals surface area contributed by atoms with E-state index in [1.807, 2.05) is 0 Å². The zero-order chi connectivity index (χ0) is 19.8. The summed E-state index contributed by atoms with van der Waals surface area (Å²) in [5.41, 5.74) is -0.163. The molecule has 1 fully saturated rings. The van der Waals surface area contributed by atoms with Crippen LogP contribution in [0.1, 0.15) is 38.2 Å². The van der Waals surface area contributed by atoms with Gasteiger partial charge in [0.1, 0.15) is 0 Å². The number of aryl methyl sites for hydroxylation is 1. The Morgan fingerprint density at radius 3 is 2.44 bits per heavy atom. The standard InChI is InChI=1S/C20H28N4O3/c1-13-10-24(11-14(2)27-13)20(3,4)12-21-18(25)17-15-8-6-7-9-16(15)19(26)23(5)22-17/h6-9,13-14H,10-12H2,1-5H3,(H,21,25)/t13-,14+. The molecule has 3 rings (SSSR count). The molecule has 7 heteroatoms. The number of hydrogen-bond donors (Lipinski definition) is 1. The van der Waals surface area contributed by atoms with Gasteiger partial charge in [0.15, 0.2) is 5.69 Å². The normalized spacial score (nSPS) is 21.4. The van der Waals surface area contributed by atoms with Crippen molar-refractivity contribution in [3.8, 4) is 0 Å². The van der Waals surface area contributed by atoms with Crippen molar-refractivity contribution in [3.63, 3.8) is 0 Å². The molecule has 1 aliphatic heterocycles. The lowest BCUT2D eigenvalue weighted by Crippen LogP contribution is -2.58. The van der Waals surface area contributed by atoms with Gasteiger partial charge in [-0.25, -0.2) is 4.68 Å². The summed E-state index contributed by atoms with van der Waals surface area (Å²) in [4.78, 5) is 27.4. The molecule has 0 bridgehead atoms. The molecule has 2 aromatic rings. The molecule has 27 heavy (non-hydrogen) atoms. The second-order valence-electron chi connectivity index (χ2n) is 7.98. The van der Waals surface area contributed by atoms with Crippen molar-refractivity contribution in [3.05, 3.63) is 40.3 Å². The van der Waals surface area contributed by atoms with E-state index in [2.05, 4.69) is 43.0 Å². The van der Waals surface area contributed by atoms with E-state index in [-0.39, 0.29) is 34.9 Å². The third kappa shape index (κ3) is 4.04. The molecule has 0 saturated carbocycles. The monoisotopic (exact) mass is 372 g/mol. The Morgan fingerprint density at radius 1 is 1.22 bits per heavy atom. The number of nitrogens with one attached hydrogen (secondary N) is 1. The minimum absolute atomic E-state index is 0.165. The highest BCUT2D eigenvalue weighted by Gasteiger charge is 2.33. The van der Waals surface area contributed by atoms with E-state index >= 15 is 0 Å². The van der Waals surface area contributed by atoms with Crippen LogP contribution in [0.3, 0.4) is 0 Å². The van der Waals surface area contributed by atoms with Crippen LogP contribution in [-0.4, -0.2) is 58.0 Å². The molecular formula is C20H28N4O3. The van der Waals surface area contributed by atoms with Crippen molar-refractivity contribution in [1.82, 2.24) is 20.0 Å². The van der Waals surface area contributed by atoms with Crippen molar-refractivity contribution in [2.75, 3.05) is 19.6 Å². The fraction of sp³-hybridized carbons (Fsp3) is 0.550. The summed E-state index contributed by atoms with van der Waals surface area (Å²) < 4.78 is 7.02. The lowest BCUT2D eigenvalue weighted by Gasteiger charge is -2.45. The number of carbonyl (C=O) groups excluding carboxylic acids is 1. The van der Waals surface area contributed by atoms with Gasteiger partial charge in [-0.05, 0) is 33.8 Å². The third-order valence-corrected chi connectivity index (χ3v) is 5.13. The largest absolute Gasteiger partial charge is 0.373 e. The van der Waals surface area contributed by atoms with Crippen LogP contribution in [0.5, 0.6) is 0 Å². The second-order valence-corrected chi connectivity index (χ2v) is 7.98. The smallest absolute Gasteiger partial charge is 0.274 e. The number of carbonyl (C=O) groups is 1. The minimum atomic E-state index is -0.274. The summed E-state index contributed by atoms with van der Waals surface area (Å²) in [5.74, 6) is -0.274. The average molecular weight is 372 g/mol. The van der Waals surface area contributed by atoms with Gasteiger partial charge >= 0.3 is 0 Å². The molecule has 7 nitrogen and oxygen atoms in total. The first kappa shape index (κ1) is 19.5. The van der Waals surface area contributed by atoms with Gasteiger partial charge in [-0.15, -0.1) is 0 Å². The number of ether oxygens (including phenoxy) is 1. The molecule has 0 spiro atoms.